The minimum Gasteiger partial charge on any atom is -0.505 e. The van der Waals surface area contributed by atoms with Crippen molar-refractivity contribution in [3.8, 4) is 5.75 Å². The fourth-order valence-electron chi connectivity index (χ4n) is 0.880. The van der Waals surface area contributed by atoms with Crippen molar-refractivity contribution < 1.29 is 9.50 Å². The molecule has 1 aromatic carbocycles. The van der Waals surface area contributed by atoms with Crippen molar-refractivity contribution >= 4 is 5.84 Å². The van der Waals surface area contributed by atoms with E-state index in [1.807, 2.05) is 0 Å². The molecule has 1 aromatic rings. The summed E-state index contributed by atoms with van der Waals surface area (Å²) >= 11 is 0. The summed E-state index contributed by atoms with van der Waals surface area (Å²) in [6, 6.07) is 3.93. The Balaban J connectivity index is 2.89. The van der Waals surface area contributed by atoms with E-state index in [4.69, 9.17) is 16.2 Å². The molecule has 0 saturated heterocycles. The molecular formula is C8H9FN2O. The molecule has 0 amide bonds. The lowest BCUT2D eigenvalue weighted by Gasteiger charge is -2.00. The standard InChI is InChI=1S/C8H9FN2O/c9-6-3-5(4-8(10)11)1-2-7(6)12/h1-3,12H,4H2,(H3,10,11). The van der Waals surface area contributed by atoms with Gasteiger partial charge < -0.3 is 10.8 Å². The summed E-state index contributed by atoms with van der Waals surface area (Å²) in [5.41, 5.74) is 5.69. The molecular weight excluding hydrogens is 159 g/mol. The van der Waals surface area contributed by atoms with Crippen molar-refractivity contribution in [2.24, 2.45) is 5.73 Å². The summed E-state index contributed by atoms with van der Waals surface area (Å²) in [5, 5.41) is 15.8. The Kier molecular flexibility index (Phi) is 2.28. The highest BCUT2D eigenvalue weighted by molar-refractivity contribution is 5.79. The van der Waals surface area contributed by atoms with Gasteiger partial charge in [-0.25, -0.2) is 4.39 Å². The minimum absolute atomic E-state index is 0.0277. The first-order chi connectivity index (χ1) is 5.59. The second-order valence-corrected chi connectivity index (χ2v) is 2.49. The summed E-state index contributed by atoms with van der Waals surface area (Å²) in [5.74, 6) is -1.10. The third-order valence-electron chi connectivity index (χ3n) is 1.41. The van der Waals surface area contributed by atoms with Crippen molar-refractivity contribution in [1.82, 2.24) is 0 Å². The number of phenolic OH excluding ortho intramolecular Hbond substituents is 1. The zero-order valence-corrected chi connectivity index (χ0v) is 6.34. The third kappa shape index (κ3) is 1.95. The van der Waals surface area contributed by atoms with E-state index in [9.17, 15) is 4.39 Å². The molecule has 12 heavy (non-hydrogen) atoms. The predicted octanol–water partition coefficient (Wildman–Crippen LogP) is 1.01. The summed E-state index contributed by atoms with van der Waals surface area (Å²) in [4.78, 5) is 0. The van der Waals surface area contributed by atoms with Gasteiger partial charge in [-0.2, -0.15) is 0 Å². The summed E-state index contributed by atoms with van der Waals surface area (Å²) in [6.07, 6.45) is 0.206. The van der Waals surface area contributed by atoms with Gasteiger partial charge in [-0.05, 0) is 17.7 Å². The fourth-order valence-corrected chi connectivity index (χ4v) is 0.880. The van der Waals surface area contributed by atoms with Crippen LogP contribution in [0.2, 0.25) is 0 Å². The molecule has 0 unspecified atom stereocenters. The Bertz CT molecular complexity index is 312. The molecule has 4 N–H and O–H groups in total. The van der Waals surface area contributed by atoms with Gasteiger partial charge in [0, 0.05) is 6.42 Å². The maximum atomic E-state index is 12.7. The molecule has 0 spiro atoms. The number of amidine groups is 1. The second kappa shape index (κ2) is 3.21. The molecule has 3 nitrogen and oxygen atoms in total. The van der Waals surface area contributed by atoms with Crippen molar-refractivity contribution in [2.75, 3.05) is 0 Å². The molecule has 64 valence electrons. The number of benzene rings is 1. The lowest BCUT2D eigenvalue weighted by molar-refractivity contribution is 0.432. The Labute approximate surface area is 69.1 Å². The number of nitrogens with two attached hydrogens (primary N) is 1. The van der Waals surface area contributed by atoms with Crippen LogP contribution in [0.3, 0.4) is 0 Å². The number of hydrogen-bond donors (Lipinski definition) is 3. The van der Waals surface area contributed by atoms with Crippen molar-refractivity contribution in [3.63, 3.8) is 0 Å². The van der Waals surface area contributed by atoms with Crippen LogP contribution in [0, 0.1) is 11.2 Å². The summed E-state index contributed by atoms with van der Waals surface area (Å²) in [6.45, 7) is 0. The van der Waals surface area contributed by atoms with Crippen molar-refractivity contribution in [2.45, 2.75) is 6.42 Å². The number of nitrogens with one attached hydrogen (secondary N) is 1. The van der Waals surface area contributed by atoms with Gasteiger partial charge in [0.1, 0.15) is 0 Å². The van der Waals surface area contributed by atoms with Gasteiger partial charge in [0.25, 0.3) is 0 Å². The number of aromatic hydroxyl groups is 1. The highest BCUT2D eigenvalue weighted by Crippen LogP contribution is 2.16. The maximum Gasteiger partial charge on any atom is 0.165 e. The van der Waals surface area contributed by atoms with Gasteiger partial charge in [0.2, 0.25) is 0 Å². The molecule has 1 rings (SSSR count). The Morgan fingerprint density at radius 1 is 1.58 bits per heavy atom. The third-order valence-corrected chi connectivity index (χ3v) is 1.41. The number of hydrogen-bond acceptors (Lipinski definition) is 2. The lowest BCUT2D eigenvalue weighted by Crippen LogP contribution is -2.12. The smallest absolute Gasteiger partial charge is 0.165 e. The highest BCUT2D eigenvalue weighted by atomic mass is 19.1. The van der Waals surface area contributed by atoms with Crippen LogP contribution in [0.5, 0.6) is 5.75 Å². The topological polar surface area (TPSA) is 70.1 Å². The maximum absolute atomic E-state index is 12.7. The average molecular weight is 168 g/mol. The van der Waals surface area contributed by atoms with Crippen molar-refractivity contribution in [1.29, 1.82) is 5.41 Å². The van der Waals surface area contributed by atoms with E-state index in [-0.39, 0.29) is 18.0 Å². The van der Waals surface area contributed by atoms with E-state index in [1.54, 1.807) is 0 Å². The van der Waals surface area contributed by atoms with Gasteiger partial charge in [0.05, 0.1) is 5.84 Å². The van der Waals surface area contributed by atoms with Gasteiger partial charge in [0.15, 0.2) is 11.6 Å². The van der Waals surface area contributed by atoms with Crippen LogP contribution in [0.4, 0.5) is 4.39 Å². The van der Waals surface area contributed by atoms with Crippen LogP contribution < -0.4 is 5.73 Å². The zero-order chi connectivity index (χ0) is 9.14. The first kappa shape index (κ1) is 8.52. The molecule has 0 bridgehead atoms. The van der Waals surface area contributed by atoms with Gasteiger partial charge in [-0.1, -0.05) is 6.07 Å². The van der Waals surface area contributed by atoms with Crippen LogP contribution in [-0.4, -0.2) is 10.9 Å². The van der Waals surface area contributed by atoms with Crippen molar-refractivity contribution in [3.05, 3.63) is 29.6 Å². The number of phenols is 1. The monoisotopic (exact) mass is 168 g/mol. The van der Waals surface area contributed by atoms with E-state index in [1.165, 1.54) is 12.1 Å². The molecule has 0 aliphatic rings. The average Bonchev–Trinajstić information content (AvgIpc) is 1.96. The minimum atomic E-state index is -0.686. The predicted molar refractivity (Wildman–Crippen MR) is 43.7 cm³/mol. The van der Waals surface area contributed by atoms with E-state index in [0.717, 1.165) is 6.07 Å². The quantitative estimate of drug-likeness (QED) is 0.455. The molecule has 4 heteroatoms. The lowest BCUT2D eigenvalue weighted by atomic mass is 10.1. The number of rotatable bonds is 2. The van der Waals surface area contributed by atoms with Crippen LogP contribution >= 0.6 is 0 Å². The molecule has 0 aliphatic heterocycles. The number of halogens is 1. The molecule has 0 fully saturated rings. The molecule has 0 atom stereocenters. The Hall–Kier alpha value is -1.58. The molecule has 0 radical (unpaired) electrons. The molecule has 0 saturated carbocycles. The normalized spacial score (nSPS) is 9.75. The molecule has 0 aliphatic carbocycles. The van der Waals surface area contributed by atoms with E-state index < -0.39 is 5.82 Å². The van der Waals surface area contributed by atoms with Crippen LogP contribution in [0.1, 0.15) is 5.56 Å². The van der Waals surface area contributed by atoms with Crippen LogP contribution in [0.25, 0.3) is 0 Å². The second-order valence-electron chi connectivity index (χ2n) is 2.49. The van der Waals surface area contributed by atoms with E-state index in [2.05, 4.69) is 0 Å². The van der Waals surface area contributed by atoms with E-state index >= 15 is 0 Å². The van der Waals surface area contributed by atoms with Gasteiger partial charge >= 0.3 is 0 Å². The summed E-state index contributed by atoms with van der Waals surface area (Å²) < 4.78 is 12.7. The van der Waals surface area contributed by atoms with Gasteiger partial charge in [-0.15, -0.1) is 0 Å². The first-order valence-corrected chi connectivity index (χ1v) is 3.40. The Morgan fingerprint density at radius 2 is 2.25 bits per heavy atom. The van der Waals surface area contributed by atoms with Crippen LogP contribution in [0.15, 0.2) is 18.2 Å². The van der Waals surface area contributed by atoms with Gasteiger partial charge in [-0.3, -0.25) is 5.41 Å². The Morgan fingerprint density at radius 3 is 2.75 bits per heavy atom. The first-order valence-electron chi connectivity index (χ1n) is 3.40. The van der Waals surface area contributed by atoms with Crippen LogP contribution in [-0.2, 0) is 6.42 Å². The molecule has 0 aromatic heterocycles. The zero-order valence-electron chi connectivity index (χ0n) is 6.34. The summed E-state index contributed by atoms with van der Waals surface area (Å²) in [7, 11) is 0. The van der Waals surface area contributed by atoms with E-state index in [0.29, 0.717) is 5.56 Å². The fraction of sp³-hybridized carbons (Fsp3) is 0.125. The molecule has 0 heterocycles. The highest BCUT2D eigenvalue weighted by Gasteiger charge is 2.01. The largest absolute Gasteiger partial charge is 0.505 e. The SMILES string of the molecule is N=C(N)Cc1ccc(O)c(F)c1.